The molecule has 0 aliphatic heterocycles. The van der Waals surface area contributed by atoms with Crippen molar-refractivity contribution in [2.45, 2.75) is 39.3 Å². The lowest BCUT2D eigenvalue weighted by Crippen LogP contribution is -2.40. The highest BCUT2D eigenvalue weighted by atomic mass is 35.5. The van der Waals surface area contributed by atoms with Crippen LogP contribution in [0, 0.1) is 17.6 Å². The van der Waals surface area contributed by atoms with Crippen LogP contribution in [-0.2, 0) is 4.79 Å². The number of amides is 1. The summed E-state index contributed by atoms with van der Waals surface area (Å²) in [4.78, 5) is 11.9. The third kappa shape index (κ3) is 4.72. The lowest BCUT2D eigenvalue weighted by atomic mass is 10.00. The maximum Gasteiger partial charge on any atom is 0.224 e. The summed E-state index contributed by atoms with van der Waals surface area (Å²) in [5.41, 5.74) is 5.81. The molecule has 6 heteroatoms. The average Bonchev–Trinajstić information content (AvgIpc) is 2.37. The molecule has 0 fully saturated rings. The zero-order valence-electron chi connectivity index (χ0n) is 11.8. The van der Waals surface area contributed by atoms with Gasteiger partial charge in [-0.3, -0.25) is 4.79 Å². The Morgan fingerprint density at radius 1 is 1.35 bits per heavy atom. The van der Waals surface area contributed by atoms with E-state index in [0.717, 1.165) is 18.2 Å². The lowest BCUT2D eigenvalue weighted by molar-refractivity contribution is -0.125. The zero-order valence-corrected chi connectivity index (χ0v) is 12.6. The van der Waals surface area contributed by atoms with E-state index in [4.69, 9.17) is 5.73 Å². The molecule has 1 aromatic carbocycles. The molecule has 3 unspecified atom stereocenters. The molecule has 20 heavy (non-hydrogen) atoms. The number of hydrogen-bond acceptors (Lipinski definition) is 2. The topological polar surface area (TPSA) is 55.1 Å². The van der Waals surface area contributed by atoms with Gasteiger partial charge < -0.3 is 11.1 Å². The Hall–Kier alpha value is -1.20. The molecule has 0 saturated heterocycles. The first-order valence-electron chi connectivity index (χ1n) is 6.37. The number of nitrogens with one attached hydrogen (secondary N) is 1. The van der Waals surface area contributed by atoms with E-state index in [1.807, 2.05) is 0 Å². The maximum atomic E-state index is 13.7. The molecule has 0 bridgehead atoms. The average molecular weight is 307 g/mol. The predicted molar refractivity (Wildman–Crippen MR) is 77.6 cm³/mol. The monoisotopic (exact) mass is 306 g/mol. The van der Waals surface area contributed by atoms with Crippen molar-refractivity contribution in [1.82, 2.24) is 5.32 Å². The SMILES string of the molecule is CCC(NC(=O)C(C)C(C)N)c1cc(F)ccc1F.Cl. The van der Waals surface area contributed by atoms with Crippen molar-refractivity contribution >= 4 is 18.3 Å². The number of benzene rings is 1. The molecule has 1 amide bonds. The smallest absolute Gasteiger partial charge is 0.224 e. The fourth-order valence-corrected chi connectivity index (χ4v) is 1.72. The number of carbonyl (C=O) groups excluding carboxylic acids is 1. The van der Waals surface area contributed by atoms with E-state index in [1.54, 1.807) is 20.8 Å². The van der Waals surface area contributed by atoms with Crippen LogP contribution in [0.1, 0.15) is 38.8 Å². The number of carbonyl (C=O) groups is 1. The molecule has 3 nitrogen and oxygen atoms in total. The zero-order chi connectivity index (χ0) is 14.6. The highest BCUT2D eigenvalue weighted by molar-refractivity contribution is 5.85. The van der Waals surface area contributed by atoms with E-state index in [-0.39, 0.29) is 35.8 Å². The summed E-state index contributed by atoms with van der Waals surface area (Å²) in [6, 6.07) is 2.38. The highest BCUT2D eigenvalue weighted by Crippen LogP contribution is 2.21. The van der Waals surface area contributed by atoms with Crippen LogP contribution in [0.3, 0.4) is 0 Å². The highest BCUT2D eigenvalue weighted by Gasteiger charge is 2.22. The Bertz CT molecular complexity index is 455. The van der Waals surface area contributed by atoms with E-state index in [0.29, 0.717) is 6.42 Å². The molecule has 0 radical (unpaired) electrons. The van der Waals surface area contributed by atoms with Gasteiger partial charge in [0.1, 0.15) is 11.6 Å². The minimum Gasteiger partial charge on any atom is -0.349 e. The van der Waals surface area contributed by atoms with Crippen molar-refractivity contribution in [3.8, 4) is 0 Å². The van der Waals surface area contributed by atoms with Gasteiger partial charge in [-0.15, -0.1) is 12.4 Å². The Morgan fingerprint density at radius 2 is 1.95 bits per heavy atom. The van der Waals surface area contributed by atoms with E-state index in [2.05, 4.69) is 5.32 Å². The van der Waals surface area contributed by atoms with E-state index >= 15 is 0 Å². The quantitative estimate of drug-likeness (QED) is 0.879. The molecule has 0 spiro atoms. The van der Waals surface area contributed by atoms with Crippen LogP contribution >= 0.6 is 12.4 Å². The van der Waals surface area contributed by atoms with E-state index in [1.165, 1.54) is 0 Å². The van der Waals surface area contributed by atoms with Gasteiger partial charge in [-0.05, 0) is 31.5 Å². The largest absolute Gasteiger partial charge is 0.349 e. The summed E-state index contributed by atoms with van der Waals surface area (Å²) in [7, 11) is 0. The first kappa shape index (κ1) is 18.8. The fraction of sp³-hybridized carbons (Fsp3) is 0.500. The Balaban J connectivity index is 0.00000361. The van der Waals surface area contributed by atoms with Gasteiger partial charge in [-0.1, -0.05) is 13.8 Å². The van der Waals surface area contributed by atoms with Crippen molar-refractivity contribution in [2.75, 3.05) is 0 Å². The summed E-state index contributed by atoms with van der Waals surface area (Å²) in [6.07, 6.45) is 0.470. The van der Waals surface area contributed by atoms with Crippen LogP contribution in [0.5, 0.6) is 0 Å². The molecule has 3 N–H and O–H groups in total. The lowest BCUT2D eigenvalue weighted by Gasteiger charge is -2.22. The number of halogens is 3. The molecule has 0 heterocycles. The van der Waals surface area contributed by atoms with Crippen LogP contribution in [0.25, 0.3) is 0 Å². The van der Waals surface area contributed by atoms with E-state index < -0.39 is 17.7 Å². The van der Waals surface area contributed by atoms with Crippen LogP contribution in [0.15, 0.2) is 18.2 Å². The fourth-order valence-electron chi connectivity index (χ4n) is 1.72. The number of hydrogen-bond donors (Lipinski definition) is 2. The van der Waals surface area contributed by atoms with Gasteiger partial charge in [-0.2, -0.15) is 0 Å². The molecule has 1 aromatic rings. The van der Waals surface area contributed by atoms with Crippen molar-refractivity contribution < 1.29 is 13.6 Å². The van der Waals surface area contributed by atoms with Crippen molar-refractivity contribution in [3.63, 3.8) is 0 Å². The second-order valence-corrected chi connectivity index (χ2v) is 4.78. The van der Waals surface area contributed by atoms with Crippen LogP contribution in [0.2, 0.25) is 0 Å². The number of nitrogens with two attached hydrogens (primary N) is 1. The summed E-state index contributed by atoms with van der Waals surface area (Å²) in [6.45, 7) is 5.23. The molecule has 114 valence electrons. The Labute approximate surface area is 124 Å². The summed E-state index contributed by atoms with van der Waals surface area (Å²) in [5.74, 6) is -1.69. The second-order valence-electron chi connectivity index (χ2n) is 4.78. The van der Waals surface area contributed by atoms with Crippen molar-refractivity contribution in [3.05, 3.63) is 35.4 Å². The maximum absolute atomic E-state index is 13.7. The molecule has 0 aliphatic carbocycles. The summed E-state index contributed by atoms with van der Waals surface area (Å²) >= 11 is 0. The molecule has 0 saturated carbocycles. The van der Waals surface area contributed by atoms with Gasteiger partial charge in [0.15, 0.2) is 0 Å². The van der Waals surface area contributed by atoms with Gasteiger partial charge >= 0.3 is 0 Å². The number of rotatable bonds is 5. The second kappa shape index (κ2) is 8.17. The van der Waals surface area contributed by atoms with Crippen molar-refractivity contribution in [1.29, 1.82) is 0 Å². The molecule has 0 aromatic heterocycles. The molecule has 0 aliphatic rings. The summed E-state index contributed by atoms with van der Waals surface area (Å²) in [5, 5.41) is 2.71. The first-order valence-corrected chi connectivity index (χ1v) is 6.37. The van der Waals surface area contributed by atoms with Gasteiger partial charge in [-0.25, -0.2) is 8.78 Å². The van der Waals surface area contributed by atoms with Gasteiger partial charge in [0.25, 0.3) is 0 Å². The Morgan fingerprint density at radius 3 is 2.45 bits per heavy atom. The van der Waals surface area contributed by atoms with Crippen molar-refractivity contribution in [2.24, 2.45) is 11.7 Å². The summed E-state index contributed by atoms with van der Waals surface area (Å²) < 4.78 is 26.8. The molecule has 1 rings (SSSR count). The predicted octanol–water partition coefficient (Wildman–Crippen LogP) is 2.94. The standard InChI is InChI=1S/C14H20F2N2O.ClH/c1-4-13(18-14(19)8(2)9(3)17)11-7-10(15)5-6-12(11)16;/h5-9,13H,4,17H2,1-3H3,(H,18,19);1H. The van der Waals surface area contributed by atoms with E-state index in [9.17, 15) is 13.6 Å². The minimum atomic E-state index is -0.551. The molecule has 3 atom stereocenters. The third-order valence-electron chi connectivity index (χ3n) is 3.26. The van der Waals surface area contributed by atoms with Crippen LogP contribution < -0.4 is 11.1 Å². The van der Waals surface area contributed by atoms with Crippen LogP contribution in [-0.4, -0.2) is 11.9 Å². The molecular formula is C14H21ClF2N2O. The Kier molecular flexibility index (Phi) is 7.68. The third-order valence-corrected chi connectivity index (χ3v) is 3.26. The van der Waals surface area contributed by atoms with Gasteiger partial charge in [0.2, 0.25) is 5.91 Å². The minimum absolute atomic E-state index is 0. The first-order chi connectivity index (χ1) is 8.86. The molecular weight excluding hydrogens is 286 g/mol. The van der Waals surface area contributed by atoms with Gasteiger partial charge in [0, 0.05) is 17.5 Å². The normalized spacial score (nSPS) is 14.9. The van der Waals surface area contributed by atoms with Crippen LogP contribution in [0.4, 0.5) is 8.78 Å². The van der Waals surface area contributed by atoms with Gasteiger partial charge in [0.05, 0.1) is 6.04 Å².